The number of nitrogens with two attached hydrogens (primary N) is 1. The van der Waals surface area contributed by atoms with E-state index in [4.69, 9.17) is 10.6 Å². The second kappa shape index (κ2) is 6.79. The van der Waals surface area contributed by atoms with Crippen molar-refractivity contribution >= 4 is 0 Å². The lowest BCUT2D eigenvalue weighted by Crippen LogP contribution is -2.37. The largest absolute Gasteiger partial charge is 0.434 e. The minimum atomic E-state index is -2.85. The third-order valence-corrected chi connectivity index (χ3v) is 3.32. The van der Waals surface area contributed by atoms with Gasteiger partial charge in [-0.1, -0.05) is 18.2 Å². The first-order chi connectivity index (χ1) is 9.22. The summed E-state index contributed by atoms with van der Waals surface area (Å²) >= 11 is 0. The summed E-state index contributed by atoms with van der Waals surface area (Å²) in [7, 11) is 0. The molecule has 0 saturated carbocycles. The number of ether oxygens (including phenoxy) is 2. The fourth-order valence-corrected chi connectivity index (χ4v) is 2.45. The van der Waals surface area contributed by atoms with Gasteiger partial charge in [-0.3, -0.25) is 11.3 Å². The van der Waals surface area contributed by atoms with Crippen LogP contribution in [-0.4, -0.2) is 19.8 Å². The first-order valence-corrected chi connectivity index (χ1v) is 6.30. The molecule has 2 rings (SSSR count). The van der Waals surface area contributed by atoms with Crippen molar-refractivity contribution in [2.75, 3.05) is 13.2 Å². The Morgan fingerprint density at radius 3 is 2.79 bits per heavy atom. The zero-order valence-electron chi connectivity index (χ0n) is 10.5. The van der Waals surface area contributed by atoms with Gasteiger partial charge in [0.1, 0.15) is 5.75 Å². The zero-order chi connectivity index (χ0) is 13.7. The van der Waals surface area contributed by atoms with E-state index < -0.39 is 6.61 Å². The smallest absolute Gasteiger partial charge is 0.387 e. The molecule has 1 fully saturated rings. The quantitative estimate of drug-likeness (QED) is 0.637. The van der Waals surface area contributed by atoms with E-state index >= 15 is 0 Å². The Hall–Kier alpha value is -1.24. The number of hydrogen-bond acceptors (Lipinski definition) is 4. The molecule has 1 aromatic carbocycles. The average Bonchev–Trinajstić information content (AvgIpc) is 2.42. The first-order valence-electron chi connectivity index (χ1n) is 6.30. The zero-order valence-corrected chi connectivity index (χ0v) is 10.5. The van der Waals surface area contributed by atoms with E-state index in [0.29, 0.717) is 12.2 Å². The maximum absolute atomic E-state index is 12.4. The van der Waals surface area contributed by atoms with Crippen LogP contribution in [-0.2, 0) is 4.74 Å². The van der Waals surface area contributed by atoms with Crippen molar-refractivity contribution in [1.82, 2.24) is 5.43 Å². The molecule has 1 aliphatic heterocycles. The fraction of sp³-hybridized carbons (Fsp3) is 0.538. The molecular weight excluding hydrogens is 254 g/mol. The predicted octanol–water partition coefficient (Wildman–Crippen LogP) is 2.22. The van der Waals surface area contributed by atoms with Crippen LogP contribution in [0.5, 0.6) is 5.75 Å². The molecule has 19 heavy (non-hydrogen) atoms. The van der Waals surface area contributed by atoms with Crippen LogP contribution in [0.25, 0.3) is 0 Å². The summed E-state index contributed by atoms with van der Waals surface area (Å²) < 4.78 is 34.8. The molecule has 0 aromatic heterocycles. The molecule has 1 aliphatic rings. The summed E-state index contributed by atoms with van der Waals surface area (Å²) in [5.74, 6) is 5.90. The Balaban J connectivity index is 2.21. The molecule has 0 radical (unpaired) electrons. The second-order valence-electron chi connectivity index (χ2n) is 4.54. The van der Waals surface area contributed by atoms with E-state index in [1.165, 1.54) is 6.07 Å². The SMILES string of the molecule is NNC(c1ccccc1OC(F)F)C1CCCOC1. The molecule has 2 atom stereocenters. The summed E-state index contributed by atoms with van der Waals surface area (Å²) in [5, 5.41) is 0. The highest BCUT2D eigenvalue weighted by Crippen LogP contribution is 2.34. The molecule has 1 saturated heterocycles. The lowest BCUT2D eigenvalue weighted by molar-refractivity contribution is -0.0512. The highest BCUT2D eigenvalue weighted by Gasteiger charge is 2.27. The molecule has 0 spiro atoms. The number of hydrazine groups is 1. The molecule has 0 amide bonds. The Morgan fingerprint density at radius 2 is 2.16 bits per heavy atom. The number of para-hydroxylation sites is 1. The number of benzene rings is 1. The lowest BCUT2D eigenvalue weighted by atomic mass is 9.88. The van der Waals surface area contributed by atoms with Crippen LogP contribution in [0.3, 0.4) is 0 Å². The second-order valence-corrected chi connectivity index (χ2v) is 4.54. The Bertz CT molecular complexity index is 398. The predicted molar refractivity (Wildman–Crippen MR) is 66.7 cm³/mol. The van der Waals surface area contributed by atoms with Gasteiger partial charge in [0.25, 0.3) is 0 Å². The van der Waals surface area contributed by atoms with Crippen molar-refractivity contribution in [1.29, 1.82) is 0 Å². The average molecular weight is 272 g/mol. The van der Waals surface area contributed by atoms with E-state index in [1.54, 1.807) is 18.2 Å². The summed E-state index contributed by atoms with van der Waals surface area (Å²) in [6.45, 7) is -1.54. The van der Waals surface area contributed by atoms with Crippen LogP contribution in [0, 0.1) is 5.92 Å². The number of rotatable bonds is 5. The van der Waals surface area contributed by atoms with E-state index in [2.05, 4.69) is 10.2 Å². The van der Waals surface area contributed by atoms with Crippen molar-refractivity contribution < 1.29 is 18.3 Å². The van der Waals surface area contributed by atoms with Crippen molar-refractivity contribution in [3.05, 3.63) is 29.8 Å². The molecule has 6 heteroatoms. The summed E-state index contributed by atoms with van der Waals surface area (Å²) in [6.07, 6.45) is 1.89. The van der Waals surface area contributed by atoms with Gasteiger partial charge in [0.15, 0.2) is 0 Å². The fourth-order valence-electron chi connectivity index (χ4n) is 2.45. The van der Waals surface area contributed by atoms with Gasteiger partial charge in [-0.15, -0.1) is 0 Å². The summed E-state index contributed by atoms with van der Waals surface area (Å²) in [5.41, 5.74) is 3.34. The van der Waals surface area contributed by atoms with Crippen molar-refractivity contribution in [3.8, 4) is 5.75 Å². The third kappa shape index (κ3) is 3.62. The van der Waals surface area contributed by atoms with Gasteiger partial charge in [-0.05, 0) is 18.9 Å². The van der Waals surface area contributed by atoms with E-state index in [9.17, 15) is 8.78 Å². The molecule has 106 valence electrons. The molecule has 0 bridgehead atoms. The number of hydrogen-bond donors (Lipinski definition) is 2. The van der Waals surface area contributed by atoms with E-state index in [-0.39, 0.29) is 17.7 Å². The van der Waals surface area contributed by atoms with Crippen LogP contribution in [0.4, 0.5) is 8.78 Å². The van der Waals surface area contributed by atoms with Gasteiger partial charge in [0.05, 0.1) is 12.6 Å². The van der Waals surface area contributed by atoms with Crippen LogP contribution >= 0.6 is 0 Å². The lowest BCUT2D eigenvalue weighted by Gasteiger charge is -2.30. The Morgan fingerprint density at radius 1 is 1.37 bits per heavy atom. The number of nitrogens with one attached hydrogen (secondary N) is 1. The first kappa shape index (κ1) is 14.2. The van der Waals surface area contributed by atoms with Crippen molar-refractivity contribution in [2.45, 2.75) is 25.5 Å². The van der Waals surface area contributed by atoms with E-state index in [0.717, 1.165) is 19.4 Å². The minimum absolute atomic E-state index is 0.154. The van der Waals surface area contributed by atoms with Crippen LogP contribution in [0.15, 0.2) is 24.3 Å². The topological polar surface area (TPSA) is 56.5 Å². The third-order valence-electron chi connectivity index (χ3n) is 3.32. The molecule has 0 aliphatic carbocycles. The number of alkyl halides is 2. The molecule has 3 N–H and O–H groups in total. The highest BCUT2D eigenvalue weighted by atomic mass is 19.3. The molecule has 1 aromatic rings. The van der Waals surface area contributed by atoms with Gasteiger partial charge >= 0.3 is 6.61 Å². The van der Waals surface area contributed by atoms with Crippen LogP contribution in [0.1, 0.15) is 24.4 Å². The Labute approximate surface area is 110 Å². The van der Waals surface area contributed by atoms with Gasteiger partial charge in [-0.25, -0.2) is 0 Å². The molecule has 2 unspecified atom stereocenters. The molecule has 4 nitrogen and oxygen atoms in total. The van der Waals surface area contributed by atoms with Crippen LogP contribution in [0.2, 0.25) is 0 Å². The highest BCUT2D eigenvalue weighted by molar-refractivity contribution is 5.36. The Kier molecular flexibility index (Phi) is 5.07. The van der Waals surface area contributed by atoms with E-state index in [1.807, 2.05) is 0 Å². The minimum Gasteiger partial charge on any atom is -0.434 e. The van der Waals surface area contributed by atoms with Crippen LogP contribution < -0.4 is 16.0 Å². The summed E-state index contributed by atoms with van der Waals surface area (Å²) in [4.78, 5) is 0. The van der Waals surface area contributed by atoms with Gasteiger partial charge in [0, 0.05) is 18.1 Å². The number of halogens is 2. The van der Waals surface area contributed by atoms with Gasteiger partial charge < -0.3 is 9.47 Å². The summed E-state index contributed by atoms with van der Waals surface area (Å²) in [6, 6.07) is 6.45. The van der Waals surface area contributed by atoms with Crippen molar-refractivity contribution in [2.24, 2.45) is 11.8 Å². The normalized spacial score (nSPS) is 21.4. The molecular formula is C13H18F2N2O2. The van der Waals surface area contributed by atoms with Crippen molar-refractivity contribution in [3.63, 3.8) is 0 Å². The maximum Gasteiger partial charge on any atom is 0.387 e. The standard InChI is InChI=1S/C13H18F2N2O2/c14-13(15)19-11-6-2-1-5-10(11)12(17-16)9-4-3-7-18-8-9/h1-2,5-6,9,12-13,17H,3-4,7-8,16H2. The molecule has 1 heterocycles. The monoisotopic (exact) mass is 272 g/mol. The van der Waals surface area contributed by atoms with Gasteiger partial charge in [0.2, 0.25) is 0 Å². The maximum atomic E-state index is 12.4. The van der Waals surface area contributed by atoms with Gasteiger partial charge in [-0.2, -0.15) is 8.78 Å².